The topological polar surface area (TPSA) is 113 Å². The smallest absolute Gasteiger partial charge is 0.254 e. The SMILES string of the molecule is C=CCO[C@@]12Oc3ccc(OCCN4CC4)cc3[C@H]3[C@H](CCCCO)[C@@H](CCCCO)C=C(C(=NOCC)C[C@@H]1N(C)C(=O)c1ccc4ccccc4c1)[C@H]32. The molecule has 6 atom stereocenters. The van der Waals surface area contributed by atoms with Crippen LogP contribution in [-0.4, -0.2) is 103 Å². The summed E-state index contributed by atoms with van der Waals surface area (Å²) in [7, 11) is 1.84. The van der Waals surface area contributed by atoms with Crippen molar-refractivity contribution in [3.8, 4) is 11.5 Å². The molecular weight excluding hydrogens is 695 g/mol. The lowest BCUT2D eigenvalue weighted by molar-refractivity contribution is -0.252. The molecule has 2 aliphatic carbocycles. The normalized spacial score (nSPS) is 26.1. The molecule has 2 N–H and O–H groups in total. The van der Waals surface area contributed by atoms with E-state index in [4.69, 9.17) is 24.2 Å². The summed E-state index contributed by atoms with van der Waals surface area (Å²) in [6.45, 7) is 10.6. The monoisotopic (exact) mass is 751 g/mol. The number of likely N-dealkylation sites (N-methyl/N-ethyl adjacent to an activating group) is 1. The number of carbonyl (C=O) groups excluding carboxylic acids is 1. The number of hydrogen-bond donors (Lipinski definition) is 2. The molecule has 1 amide bonds. The molecule has 10 nitrogen and oxygen atoms in total. The maximum Gasteiger partial charge on any atom is 0.254 e. The highest BCUT2D eigenvalue weighted by Crippen LogP contribution is 2.61. The molecule has 0 radical (unpaired) electrons. The van der Waals surface area contributed by atoms with E-state index >= 15 is 0 Å². The number of fused-ring (bicyclic) bond motifs is 3. The molecule has 3 aromatic carbocycles. The summed E-state index contributed by atoms with van der Waals surface area (Å²) in [6.07, 6.45) is 9.40. The van der Waals surface area contributed by atoms with Crippen LogP contribution in [0, 0.1) is 17.8 Å². The van der Waals surface area contributed by atoms with E-state index in [1.807, 2.05) is 68.6 Å². The fraction of sp³-hybridized carbons (Fsp3) is 0.511. The highest BCUT2D eigenvalue weighted by Gasteiger charge is 2.65. The first-order valence-electron chi connectivity index (χ1n) is 20.2. The van der Waals surface area contributed by atoms with Gasteiger partial charge in [0.05, 0.1) is 18.2 Å². The largest absolute Gasteiger partial charge is 0.492 e. The first kappa shape index (κ1) is 39.0. The number of allylic oxidation sites excluding steroid dienone is 1. The van der Waals surface area contributed by atoms with E-state index in [1.54, 1.807) is 11.0 Å². The summed E-state index contributed by atoms with van der Waals surface area (Å²) in [4.78, 5) is 24.6. The molecule has 7 rings (SSSR count). The van der Waals surface area contributed by atoms with Crippen molar-refractivity contribution >= 4 is 22.4 Å². The highest BCUT2D eigenvalue weighted by molar-refractivity contribution is 6.04. The number of hydrogen-bond acceptors (Lipinski definition) is 9. The molecule has 2 fully saturated rings. The van der Waals surface area contributed by atoms with Crippen LogP contribution in [0.2, 0.25) is 0 Å². The number of rotatable bonds is 19. The second-order valence-corrected chi connectivity index (χ2v) is 15.4. The van der Waals surface area contributed by atoms with Gasteiger partial charge in [0.1, 0.15) is 30.8 Å². The molecule has 0 aromatic heterocycles. The molecule has 0 spiro atoms. The first-order chi connectivity index (χ1) is 26.9. The third kappa shape index (κ3) is 8.19. The molecule has 1 saturated heterocycles. The summed E-state index contributed by atoms with van der Waals surface area (Å²) in [5.74, 6) is -0.0629. The minimum Gasteiger partial charge on any atom is -0.492 e. The maximum atomic E-state index is 14.7. The van der Waals surface area contributed by atoms with E-state index in [0.717, 1.165) is 85.1 Å². The summed E-state index contributed by atoms with van der Waals surface area (Å²) in [5, 5.41) is 26.5. The number of oxime groups is 1. The van der Waals surface area contributed by atoms with Gasteiger partial charge in [0.25, 0.3) is 5.91 Å². The number of unbranched alkanes of at least 4 members (excludes halogenated alkanes) is 2. The molecule has 0 unspecified atom stereocenters. The van der Waals surface area contributed by atoms with Crippen molar-refractivity contribution in [2.24, 2.45) is 22.9 Å². The second-order valence-electron chi connectivity index (χ2n) is 15.4. The summed E-state index contributed by atoms with van der Waals surface area (Å²) in [6, 6.07) is 19.4. The lowest BCUT2D eigenvalue weighted by Crippen LogP contribution is -2.69. The van der Waals surface area contributed by atoms with Crippen LogP contribution >= 0.6 is 0 Å². The Morgan fingerprint density at radius 1 is 1.04 bits per heavy atom. The summed E-state index contributed by atoms with van der Waals surface area (Å²) < 4.78 is 20.7. The van der Waals surface area contributed by atoms with E-state index in [2.05, 4.69) is 23.6 Å². The third-order valence-corrected chi connectivity index (χ3v) is 11.9. The molecule has 55 heavy (non-hydrogen) atoms. The Labute approximate surface area is 325 Å². The van der Waals surface area contributed by atoms with E-state index in [0.29, 0.717) is 37.4 Å². The van der Waals surface area contributed by atoms with E-state index in [-0.39, 0.29) is 49.4 Å². The summed E-state index contributed by atoms with van der Waals surface area (Å²) in [5.41, 5.74) is 3.45. The van der Waals surface area contributed by atoms with Crippen LogP contribution in [0.15, 0.2) is 90.1 Å². The highest BCUT2D eigenvalue weighted by atomic mass is 16.7. The minimum absolute atomic E-state index is 0.0964. The lowest BCUT2D eigenvalue weighted by Gasteiger charge is -2.59. The van der Waals surface area contributed by atoms with Gasteiger partial charge in [-0.2, -0.15) is 0 Å². The molecule has 2 heterocycles. The van der Waals surface area contributed by atoms with Crippen molar-refractivity contribution < 1.29 is 34.1 Å². The average molecular weight is 752 g/mol. The Bertz CT molecular complexity index is 1870. The predicted octanol–water partition coefficient (Wildman–Crippen LogP) is 6.96. The molecular formula is C45H57N3O7. The fourth-order valence-electron chi connectivity index (χ4n) is 9.21. The molecule has 2 aliphatic heterocycles. The van der Waals surface area contributed by atoms with Gasteiger partial charge < -0.3 is 34.2 Å². The van der Waals surface area contributed by atoms with Crippen LogP contribution in [0.3, 0.4) is 0 Å². The zero-order valence-corrected chi connectivity index (χ0v) is 32.4. The number of amides is 1. The van der Waals surface area contributed by atoms with Gasteiger partial charge in [-0.05, 0) is 91.1 Å². The van der Waals surface area contributed by atoms with E-state index in [1.165, 1.54) is 0 Å². The Hall–Kier alpha value is -4.22. The number of nitrogens with zero attached hydrogens (tertiary/aromatic N) is 3. The maximum absolute atomic E-state index is 14.7. The van der Waals surface area contributed by atoms with Crippen molar-refractivity contribution in [3.63, 3.8) is 0 Å². The fourth-order valence-corrected chi connectivity index (χ4v) is 9.21. The zero-order valence-electron chi connectivity index (χ0n) is 32.4. The number of benzene rings is 3. The van der Waals surface area contributed by atoms with Gasteiger partial charge in [0, 0.05) is 63.4 Å². The predicted molar refractivity (Wildman–Crippen MR) is 215 cm³/mol. The number of ether oxygens (including phenoxy) is 3. The van der Waals surface area contributed by atoms with Crippen molar-refractivity contribution in [2.45, 2.75) is 69.6 Å². The molecule has 4 aliphatic rings. The second kappa shape index (κ2) is 17.7. The number of aliphatic hydroxyl groups excluding tert-OH is 2. The molecule has 1 saturated carbocycles. The van der Waals surface area contributed by atoms with E-state index < -0.39 is 11.8 Å². The van der Waals surface area contributed by atoms with Crippen LogP contribution in [0.5, 0.6) is 11.5 Å². The molecule has 10 heteroatoms. The van der Waals surface area contributed by atoms with Crippen LogP contribution in [0.4, 0.5) is 0 Å². The zero-order chi connectivity index (χ0) is 38.4. The van der Waals surface area contributed by atoms with Crippen molar-refractivity contribution in [3.05, 3.63) is 96.1 Å². The Morgan fingerprint density at radius 2 is 1.82 bits per heavy atom. The quantitative estimate of drug-likeness (QED) is 0.0586. The average Bonchev–Trinajstić information content (AvgIpc) is 4.04. The van der Waals surface area contributed by atoms with Gasteiger partial charge in [0.15, 0.2) is 0 Å². The van der Waals surface area contributed by atoms with Crippen LogP contribution in [-0.2, 0) is 9.57 Å². The van der Waals surface area contributed by atoms with Crippen molar-refractivity contribution in [1.82, 2.24) is 9.80 Å². The van der Waals surface area contributed by atoms with Crippen molar-refractivity contribution in [2.75, 3.05) is 59.7 Å². The first-order valence-corrected chi connectivity index (χ1v) is 20.2. The number of aliphatic hydroxyl groups is 2. The Kier molecular flexibility index (Phi) is 12.6. The van der Waals surface area contributed by atoms with Crippen LogP contribution in [0.1, 0.15) is 73.7 Å². The van der Waals surface area contributed by atoms with Gasteiger partial charge in [-0.3, -0.25) is 9.69 Å². The number of carbonyl (C=O) groups is 1. The van der Waals surface area contributed by atoms with Gasteiger partial charge in [-0.15, -0.1) is 6.58 Å². The Balaban J connectivity index is 1.38. The standard InChI is InChI=1S/C45H57N3O7/c1-4-25-53-45-41(47(3)44(51)34-17-16-31-12-6-7-13-32(31)27-34)30-39(46-54-5-2)37-28-33(14-8-10-23-49)36(15-9-11-24-50)42(43(37)45)38-29-35(18-19-40(38)55-45)52-26-22-48-20-21-48/h4,6-7,12-13,16-19,27-29,33,36,41-43,49-50H,1,5,8-11,14-15,20-26,30H2,2-3H3/t33-,36+,41-,42+,43+,45+/m0/s1. The van der Waals surface area contributed by atoms with Crippen LogP contribution < -0.4 is 9.47 Å². The van der Waals surface area contributed by atoms with Gasteiger partial charge >= 0.3 is 0 Å². The Morgan fingerprint density at radius 3 is 2.56 bits per heavy atom. The van der Waals surface area contributed by atoms with Crippen LogP contribution in [0.25, 0.3) is 10.8 Å². The molecule has 294 valence electrons. The lowest BCUT2D eigenvalue weighted by atomic mass is 9.55. The van der Waals surface area contributed by atoms with E-state index in [9.17, 15) is 15.0 Å². The minimum atomic E-state index is -1.29. The van der Waals surface area contributed by atoms with Crippen molar-refractivity contribution in [1.29, 1.82) is 0 Å². The third-order valence-electron chi connectivity index (χ3n) is 11.9. The van der Waals surface area contributed by atoms with Gasteiger partial charge in [0.2, 0.25) is 5.79 Å². The van der Waals surface area contributed by atoms with Gasteiger partial charge in [-0.25, -0.2) is 0 Å². The molecule has 3 aromatic rings. The molecule has 0 bridgehead atoms. The summed E-state index contributed by atoms with van der Waals surface area (Å²) >= 11 is 0. The van der Waals surface area contributed by atoms with Gasteiger partial charge in [-0.1, -0.05) is 60.5 Å².